The van der Waals surface area contributed by atoms with E-state index in [1.165, 1.54) is 0 Å². The predicted octanol–water partition coefficient (Wildman–Crippen LogP) is 3.25. The van der Waals surface area contributed by atoms with Gasteiger partial charge in [0.25, 0.3) is 6.43 Å². The van der Waals surface area contributed by atoms with E-state index in [9.17, 15) is 13.2 Å². The first-order chi connectivity index (χ1) is 8.02. The second kappa shape index (κ2) is 4.38. The molecule has 90 valence electrons. The van der Waals surface area contributed by atoms with Gasteiger partial charge in [0.15, 0.2) is 0 Å². The second-order valence-electron chi connectivity index (χ2n) is 3.32. The lowest BCUT2D eigenvalue weighted by atomic mass is 10.1. The molecule has 0 amide bonds. The number of nitrogens with two attached hydrogens (primary N) is 1. The Balaban J connectivity index is 2.82. The third-order valence-electron chi connectivity index (χ3n) is 2.22. The Hall–Kier alpha value is -1.53. The number of fused-ring (bicyclic) bond motifs is 1. The maximum absolute atomic E-state index is 13.1. The van der Waals surface area contributed by atoms with Crippen LogP contribution in [0.15, 0.2) is 18.2 Å². The van der Waals surface area contributed by atoms with Crippen molar-refractivity contribution in [2.75, 3.05) is 5.43 Å². The lowest BCUT2D eigenvalue weighted by molar-refractivity contribution is 0.146. The van der Waals surface area contributed by atoms with E-state index in [1.54, 1.807) is 0 Å². The zero-order valence-electron chi connectivity index (χ0n) is 8.35. The SMILES string of the molecule is NNc1cc(C(F)F)nc2cc(F)cc(Cl)c12. The number of anilines is 1. The number of nitrogens with zero attached hydrogens (tertiary/aromatic N) is 1. The van der Waals surface area contributed by atoms with Crippen molar-refractivity contribution in [1.29, 1.82) is 0 Å². The number of alkyl halides is 2. The maximum atomic E-state index is 13.1. The Kier molecular flexibility index (Phi) is 3.08. The molecule has 2 aromatic rings. The number of nitrogen functional groups attached to an aromatic ring is 1. The van der Waals surface area contributed by atoms with Crippen LogP contribution < -0.4 is 11.3 Å². The highest BCUT2D eigenvalue weighted by Gasteiger charge is 2.15. The number of benzene rings is 1. The molecule has 1 aromatic heterocycles. The normalized spacial score (nSPS) is 11.2. The van der Waals surface area contributed by atoms with Crippen molar-refractivity contribution < 1.29 is 13.2 Å². The first-order valence-corrected chi connectivity index (χ1v) is 4.95. The van der Waals surface area contributed by atoms with Gasteiger partial charge >= 0.3 is 0 Å². The van der Waals surface area contributed by atoms with E-state index in [0.29, 0.717) is 5.39 Å². The minimum absolute atomic E-state index is 0.0285. The molecule has 3 N–H and O–H groups in total. The third-order valence-corrected chi connectivity index (χ3v) is 2.52. The molecular weight excluding hydrogens is 255 g/mol. The van der Waals surface area contributed by atoms with Gasteiger partial charge in [-0.2, -0.15) is 0 Å². The van der Waals surface area contributed by atoms with Crippen molar-refractivity contribution in [3.63, 3.8) is 0 Å². The minimum Gasteiger partial charge on any atom is -0.323 e. The van der Waals surface area contributed by atoms with E-state index in [-0.39, 0.29) is 16.2 Å². The van der Waals surface area contributed by atoms with E-state index in [1.807, 2.05) is 0 Å². The summed E-state index contributed by atoms with van der Waals surface area (Å²) in [6.07, 6.45) is -2.77. The lowest BCUT2D eigenvalue weighted by Gasteiger charge is -2.10. The fraction of sp³-hybridized carbons (Fsp3) is 0.100. The van der Waals surface area contributed by atoms with Gasteiger partial charge in [-0.25, -0.2) is 18.2 Å². The molecular formula is C10H7ClF3N3. The van der Waals surface area contributed by atoms with Crippen LogP contribution in [0.5, 0.6) is 0 Å². The summed E-state index contributed by atoms with van der Waals surface area (Å²) < 4.78 is 38.2. The van der Waals surface area contributed by atoms with E-state index in [2.05, 4.69) is 10.4 Å². The van der Waals surface area contributed by atoms with Gasteiger partial charge < -0.3 is 5.43 Å². The number of aromatic nitrogens is 1. The number of hydrazine groups is 1. The summed E-state index contributed by atoms with van der Waals surface area (Å²) in [5, 5.41) is 0.362. The van der Waals surface area contributed by atoms with Crippen molar-refractivity contribution >= 4 is 28.2 Å². The van der Waals surface area contributed by atoms with Crippen molar-refractivity contribution in [1.82, 2.24) is 4.98 Å². The molecule has 0 aliphatic carbocycles. The summed E-state index contributed by atoms with van der Waals surface area (Å²) in [6, 6.07) is 3.17. The fourth-order valence-electron chi connectivity index (χ4n) is 1.53. The molecule has 0 aliphatic heterocycles. The molecule has 17 heavy (non-hydrogen) atoms. The van der Waals surface area contributed by atoms with Crippen LogP contribution in [0, 0.1) is 5.82 Å². The van der Waals surface area contributed by atoms with Crippen LogP contribution in [0.25, 0.3) is 10.9 Å². The first kappa shape index (κ1) is 11.9. The molecule has 0 unspecified atom stereocenters. The van der Waals surface area contributed by atoms with Gasteiger partial charge in [0.2, 0.25) is 0 Å². The first-order valence-electron chi connectivity index (χ1n) is 4.57. The number of hydrogen-bond donors (Lipinski definition) is 2. The molecule has 0 saturated heterocycles. The van der Waals surface area contributed by atoms with Gasteiger partial charge in [-0.15, -0.1) is 0 Å². The standard InChI is InChI=1S/C10H7ClF3N3/c11-5-1-4(12)2-6-9(5)7(17-15)3-8(16-6)10(13)14/h1-3,10H,15H2,(H,16,17). The summed E-state index contributed by atoms with van der Waals surface area (Å²) in [5.41, 5.74) is 1.96. The molecule has 3 nitrogen and oxygen atoms in total. The van der Waals surface area contributed by atoms with E-state index >= 15 is 0 Å². The summed E-state index contributed by atoms with van der Waals surface area (Å²) >= 11 is 5.82. The molecule has 0 radical (unpaired) electrons. The highest BCUT2D eigenvalue weighted by molar-refractivity contribution is 6.36. The summed E-state index contributed by atoms with van der Waals surface area (Å²) in [4.78, 5) is 3.64. The average molecular weight is 262 g/mol. The van der Waals surface area contributed by atoms with E-state index < -0.39 is 17.9 Å². The van der Waals surface area contributed by atoms with Crippen molar-refractivity contribution in [3.8, 4) is 0 Å². The maximum Gasteiger partial charge on any atom is 0.280 e. The van der Waals surface area contributed by atoms with Crippen LogP contribution in [0.4, 0.5) is 18.9 Å². The zero-order chi connectivity index (χ0) is 12.6. The topological polar surface area (TPSA) is 50.9 Å². The summed E-state index contributed by atoms with van der Waals surface area (Å²) in [7, 11) is 0. The quantitative estimate of drug-likeness (QED) is 0.644. The van der Waals surface area contributed by atoms with Crippen LogP contribution in [-0.4, -0.2) is 4.98 Å². The smallest absolute Gasteiger partial charge is 0.280 e. The Morgan fingerprint density at radius 3 is 2.59 bits per heavy atom. The molecule has 0 aliphatic rings. The van der Waals surface area contributed by atoms with Gasteiger partial charge in [0, 0.05) is 11.5 Å². The highest BCUT2D eigenvalue weighted by Crippen LogP contribution is 2.32. The number of nitrogens with one attached hydrogen (secondary N) is 1. The van der Waals surface area contributed by atoms with Crippen LogP contribution in [-0.2, 0) is 0 Å². The lowest BCUT2D eigenvalue weighted by Crippen LogP contribution is -2.09. The molecule has 0 saturated carbocycles. The minimum atomic E-state index is -2.77. The van der Waals surface area contributed by atoms with Crippen molar-refractivity contribution in [2.24, 2.45) is 5.84 Å². The van der Waals surface area contributed by atoms with Gasteiger partial charge in [-0.1, -0.05) is 11.6 Å². The van der Waals surface area contributed by atoms with Crippen molar-refractivity contribution in [2.45, 2.75) is 6.43 Å². The summed E-state index contributed by atoms with van der Waals surface area (Å²) in [5.74, 6) is 4.57. The van der Waals surface area contributed by atoms with Crippen LogP contribution in [0.1, 0.15) is 12.1 Å². The molecule has 2 rings (SSSR count). The Bertz CT molecular complexity index is 574. The highest BCUT2D eigenvalue weighted by atomic mass is 35.5. The molecule has 0 fully saturated rings. The molecule has 1 heterocycles. The molecule has 1 aromatic carbocycles. The molecule has 0 atom stereocenters. The predicted molar refractivity (Wildman–Crippen MR) is 59.5 cm³/mol. The fourth-order valence-corrected chi connectivity index (χ4v) is 1.83. The Morgan fingerprint density at radius 1 is 1.29 bits per heavy atom. The monoisotopic (exact) mass is 261 g/mol. The van der Waals surface area contributed by atoms with Crippen molar-refractivity contribution in [3.05, 3.63) is 34.7 Å². The summed E-state index contributed by atoms with van der Waals surface area (Å²) in [6.45, 7) is 0. The van der Waals surface area contributed by atoms with Crippen LogP contribution in [0.3, 0.4) is 0 Å². The van der Waals surface area contributed by atoms with Crippen LogP contribution in [0.2, 0.25) is 5.02 Å². The molecule has 0 spiro atoms. The molecule has 0 bridgehead atoms. The largest absolute Gasteiger partial charge is 0.323 e. The number of pyridine rings is 1. The second-order valence-corrected chi connectivity index (χ2v) is 3.73. The number of halogens is 4. The third kappa shape index (κ3) is 2.13. The zero-order valence-corrected chi connectivity index (χ0v) is 9.10. The Labute approximate surface area is 99.4 Å². The van der Waals surface area contributed by atoms with Gasteiger partial charge in [-0.05, 0) is 12.1 Å². The number of rotatable bonds is 2. The number of hydrogen-bond acceptors (Lipinski definition) is 3. The van der Waals surface area contributed by atoms with E-state index in [0.717, 1.165) is 18.2 Å². The van der Waals surface area contributed by atoms with Gasteiger partial charge in [0.05, 0.1) is 16.2 Å². The Morgan fingerprint density at radius 2 is 2.00 bits per heavy atom. The average Bonchev–Trinajstić information content (AvgIpc) is 2.26. The van der Waals surface area contributed by atoms with E-state index in [4.69, 9.17) is 17.4 Å². The molecule has 7 heteroatoms. The van der Waals surface area contributed by atoms with Gasteiger partial charge in [-0.3, -0.25) is 5.84 Å². The van der Waals surface area contributed by atoms with Gasteiger partial charge in [0.1, 0.15) is 11.5 Å². The van der Waals surface area contributed by atoms with Crippen LogP contribution >= 0.6 is 11.6 Å².